The number of hydrogen-bond donors (Lipinski definition) is 1. The van der Waals surface area contributed by atoms with Crippen molar-refractivity contribution in [3.05, 3.63) is 29.8 Å². The fourth-order valence-electron chi connectivity index (χ4n) is 1.61. The highest BCUT2D eigenvalue weighted by molar-refractivity contribution is 5.11. The van der Waals surface area contributed by atoms with Crippen molar-refractivity contribution in [1.29, 1.82) is 0 Å². The molecule has 1 atom stereocenters. The SMILES string of the molecule is CC(C)n1cc(C(O)Cc2cn(C)nn2)cn1. The third kappa shape index (κ3) is 2.71. The average Bonchev–Trinajstić information content (AvgIpc) is 2.86. The lowest BCUT2D eigenvalue weighted by Crippen LogP contribution is -2.02. The normalized spacial score (nSPS) is 13.2. The maximum atomic E-state index is 10.0. The van der Waals surface area contributed by atoms with Gasteiger partial charge in [-0.15, -0.1) is 5.10 Å². The van der Waals surface area contributed by atoms with E-state index in [9.17, 15) is 5.11 Å². The van der Waals surface area contributed by atoms with Gasteiger partial charge in [0.25, 0.3) is 0 Å². The molecule has 0 spiro atoms. The number of aliphatic hydroxyl groups is 1. The molecule has 0 amide bonds. The molecule has 0 radical (unpaired) electrons. The highest BCUT2D eigenvalue weighted by Crippen LogP contribution is 2.17. The van der Waals surface area contributed by atoms with E-state index >= 15 is 0 Å². The lowest BCUT2D eigenvalue weighted by Gasteiger charge is -2.06. The molecule has 2 aromatic rings. The van der Waals surface area contributed by atoms with Crippen molar-refractivity contribution < 1.29 is 5.11 Å². The Balaban J connectivity index is 2.06. The van der Waals surface area contributed by atoms with Crippen molar-refractivity contribution in [2.45, 2.75) is 32.4 Å². The number of hydrogen-bond acceptors (Lipinski definition) is 4. The summed E-state index contributed by atoms with van der Waals surface area (Å²) in [4.78, 5) is 0. The summed E-state index contributed by atoms with van der Waals surface area (Å²) in [6.07, 6.45) is 5.24. The van der Waals surface area contributed by atoms with Gasteiger partial charge >= 0.3 is 0 Å². The standard InChI is InChI=1S/C11H17N5O/c1-8(2)16-6-9(5-12-16)11(17)4-10-7-15(3)14-13-10/h5-8,11,17H,4H2,1-3H3. The van der Waals surface area contributed by atoms with Gasteiger partial charge < -0.3 is 5.11 Å². The number of aromatic nitrogens is 5. The molecule has 17 heavy (non-hydrogen) atoms. The molecule has 0 saturated carbocycles. The number of rotatable bonds is 4. The van der Waals surface area contributed by atoms with Crippen LogP contribution in [0.5, 0.6) is 0 Å². The fourth-order valence-corrected chi connectivity index (χ4v) is 1.61. The van der Waals surface area contributed by atoms with Gasteiger partial charge in [0.05, 0.1) is 18.0 Å². The molecule has 2 heterocycles. The molecule has 1 unspecified atom stereocenters. The second-order valence-electron chi connectivity index (χ2n) is 4.45. The van der Waals surface area contributed by atoms with Crippen LogP contribution in [0.25, 0.3) is 0 Å². The summed E-state index contributed by atoms with van der Waals surface area (Å²) in [5.74, 6) is 0. The zero-order chi connectivity index (χ0) is 12.4. The summed E-state index contributed by atoms with van der Waals surface area (Å²) in [6, 6.07) is 0.299. The van der Waals surface area contributed by atoms with Crippen LogP contribution < -0.4 is 0 Å². The minimum absolute atomic E-state index is 0.299. The molecule has 0 bridgehead atoms. The molecule has 2 aromatic heterocycles. The van der Waals surface area contributed by atoms with E-state index in [0.29, 0.717) is 12.5 Å². The van der Waals surface area contributed by atoms with E-state index in [2.05, 4.69) is 15.4 Å². The molecule has 92 valence electrons. The van der Waals surface area contributed by atoms with E-state index in [-0.39, 0.29) is 0 Å². The first-order chi connectivity index (χ1) is 8.06. The average molecular weight is 235 g/mol. The molecule has 0 aliphatic rings. The summed E-state index contributed by atoms with van der Waals surface area (Å²) < 4.78 is 3.45. The summed E-state index contributed by atoms with van der Waals surface area (Å²) in [6.45, 7) is 4.09. The molecular formula is C11H17N5O. The zero-order valence-corrected chi connectivity index (χ0v) is 10.3. The summed E-state index contributed by atoms with van der Waals surface area (Å²) in [5, 5.41) is 22.0. The minimum atomic E-state index is -0.584. The van der Waals surface area contributed by atoms with E-state index in [1.165, 1.54) is 0 Å². The monoisotopic (exact) mass is 235 g/mol. The van der Waals surface area contributed by atoms with Gasteiger partial charge in [-0.1, -0.05) is 5.21 Å². The van der Waals surface area contributed by atoms with Gasteiger partial charge in [-0.05, 0) is 13.8 Å². The maximum absolute atomic E-state index is 10.0. The first-order valence-corrected chi connectivity index (χ1v) is 5.63. The van der Waals surface area contributed by atoms with Crippen molar-refractivity contribution in [3.63, 3.8) is 0 Å². The van der Waals surface area contributed by atoms with Gasteiger partial charge in [0.2, 0.25) is 0 Å². The van der Waals surface area contributed by atoms with E-state index < -0.39 is 6.10 Å². The van der Waals surface area contributed by atoms with E-state index in [1.54, 1.807) is 24.1 Å². The Morgan fingerprint density at radius 1 is 1.35 bits per heavy atom. The fraction of sp³-hybridized carbons (Fsp3) is 0.545. The first kappa shape index (κ1) is 11.8. The Bertz CT molecular complexity index is 488. The van der Waals surface area contributed by atoms with E-state index in [4.69, 9.17) is 0 Å². The van der Waals surface area contributed by atoms with Gasteiger partial charge in [-0.25, -0.2) is 0 Å². The molecule has 2 rings (SSSR count). The predicted octanol–water partition coefficient (Wildman–Crippen LogP) is 0.869. The van der Waals surface area contributed by atoms with Crippen molar-refractivity contribution in [1.82, 2.24) is 24.8 Å². The van der Waals surface area contributed by atoms with Crippen LogP contribution in [0.4, 0.5) is 0 Å². The molecule has 6 nitrogen and oxygen atoms in total. The lowest BCUT2D eigenvalue weighted by atomic mass is 10.1. The first-order valence-electron chi connectivity index (χ1n) is 5.63. The van der Waals surface area contributed by atoms with Crippen molar-refractivity contribution in [2.75, 3.05) is 0 Å². The van der Waals surface area contributed by atoms with Crippen LogP contribution in [-0.2, 0) is 13.5 Å². The van der Waals surface area contributed by atoms with Crippen molar-refractivity contribution >= 4 is 0 Å². The van der Waals surface area contributed by atoms with Gasteiger partial charge in [-0.3, -0.25) is 9.36 Å². The second kappa shape index (κ2) is 4.67. The maximum Gasteiger partial charge on any atom is 0.0877 e. The number of aryl methyl sites for hydroxylation is 1. The molecular weight excluding hydrogens is 218 g/mol. The second-order valence-corrected chi connectivity index (χ2v) is 4.45. The van der Waals surface area contributed by atoms with Crippen LogP contribution in [-0.4, -0.2) is 29.9 Å². The Labute approximate surface area is 99.9 Å². The van der Waals surface area contributed by atoms with Crippen LogP contribution in [0.1, 0.15) is 37.3 Å². The molecule has 0 aliphatic heterocycles. The highest BCUT2D eigenvalue weighted by Gasteiger charge is 2.13. The Morgan fingerprint density at radius 3 is 2.65 bits per heavy atom. The van der Waals surface area contributed by atoms with Gasteiger partial charge in [-0.2, -0.15) is 5.10 Å². The van der Waals surface area contributed by atoms with Crippen LogP contribution in [0, 0.1) is 0 Å². The molecule has 0 aliphatic carbocycles. The van der Waals surface area contributed by atoms with Crippen LogP contribution in [0.15, 0.2) is 18.6 Å². The summed E-state index contributed by atoms with van der Waals surface area (Å²) >= 11 is 0. The quantitative estimate of drug-likeness (QED) is 0.853. The van der Waals surface area contributed by atoms with Crippen molar-refractivity contribution in [2.24, 2.45) is 7.05 Å². The summed E-state index contributed by atoms with van der Waals surface area (Å²) in [7, 11) is 1.81. The predicted molar refractivity (Wildman–Crippen MR) is 62.3 cm³/mol. The largest absolute Gasteiger partial charge is 0.388 e. The summed E-state index contributed by atoms with van der Waals surface area (Å²) in [5.41, 5.74) is 1.58. The molecule has 0 saturated heterocycles. The Hall–Kier alpha value is -1.69. The topological polar surface area (TPSA) is 68.8 Å². The Morgan fingerprint density at radius 2 is 2.12 bits per heavy atom. The van der Waals surface area contributed by atoms with Gasteiger partial charge in [0.1, 0.15) is 0 Å². The van der Waals surface area contributed by atoms with E-state index in [0.717, 1.165) is 11.3 Å². The molecule has 1 N–H and O–H groups in total. The van der Waals surface area contributed by atoms with Gasteiger partial charge in [0.15, 0.2) is 0 Å². The molecule has 6 heteroatoms. The number of aliphatic hydroxyl groups excluding tert-OH is 1. The third-order valence-electron chi connectivity index (χ3n) is 2.59. The van der Waals surface area contributed by atoms with Crippen molar-refractivity contribution in [3.8, 4) is 0 Å². The Kier molecular flexibility index (Phi) is 3.23. The molecule has 0 fully saturated rings. The smallest absolute Gasteiger partial charge is 0.0877 e. The number of nitrogens with zero attached hydrogens (tertiary/aromatic N) is 5. The zero-order valence-electron chi connectivity index (χ0n) is 10.3. The van der Waals surface area contributed by atoms with Crippen LogP contribution >= 0.6 is 0 Å². The third-order valence-corrected chi connectivity index (χ3v) is 2.59. The highest BCUT2D eigenvalue weighted by atomic mass is 16.3. The minimum Gasteiger partial charge on any atom is -0.388 e. The lowest BCUT2D eigenvalue weighted by molar-refractivity contribution is 0.177. The van der Waals surface area contributed by atoms with Crippen LogP contribution in [0.2, 0.25) is 0 Å². The molecule has 0 aromatic carbocycles. The van der Waals surface area contributed by atoms with E-state index in [1.807, 2.05) is 24.7 Å². The van der Waals surface area contributed by atoms with Crippen LogP contribution in [0.3, 0.4) is 0 Å². The van der Waals surface area contributed by atoms with Gasteiger partial charge in [0, 0.05) is 37.5 Å².